The summed E-state index contributed by atoms with van der Waals surface area (Å²) in [6, 6.07) is 5.47. The number of nitrogens with zero attached hydrogens (tertiary/aromatic N) is 1. The number of benzene rings is 1. The van der Waals surface area contributed by atoms with E-state index in [9.17, 15) is 4.39 Å². The van der Waals surface area contributed by atoms with E-state index >= 15 is 0 Å². The summed E-state index contributed by atoms with van der Waals surface area (Å²) in [5.41, 5.74) is 0.940. The molecule has 1 N–H and O–H groups in total. The minimum absolute atomic E-state index is 0. The van der Waals surface area contributed by atoms with Crippen LogP contribution in [-0.4, -0.2) is 51.5 Å². The van der Waals surface area contributed by atoms with Crippen molar-refractivity contribution in [3.8, 4) is 11.5 Å². The topological polar surface area (TPSA) is 33.7 Å². The van der Waals surface area contributed by atoms with E-state index in [0.29, 0.717) is 18.1 Å². The Balaban J connectivity index is 0.00000220. The van der Waals surface area contributed by atoms with Gasteiger partial charge < -0.3 is 14.8 Å². The second kappa shape index (κ2) is 10.9. The van der Waals surface area contributed by atoms with Gasteiger partial charge in [-0.3, -0.25) is 4.90 Å². The van der Waals surface area contributed by atoms with Gasteiger partial charge in [0, 0.05) is 26.2 Å². The van der Waals surface area contributed by atoms with Crippen molar-refractivity contribution < 1.29 is 13.9 Å². The number of methoxy groups -OCH3 is 1. The lowest BCUT2D eigenvalue weighted by molar-refractivity contribution is 0.147. The summed E-state index contributed by atoms with van der Waals surface area (Å²) < 4.78 is 24.3. The molecule has 4 nitrogen and oxygen atoms in total. The van der Waals surface area contributed by atoms with E-state index in [2.05, 4.69) is 10.2 Å². The van der Waals surface area contributed by atoms with Gasteiger partial charge in [0.2, 0.25) is 0 Å². The molecule has 1 saturated heterocycles. The summed E-state index contributed by atoms with van der Waals surface area (Å²) in [7, 11) is 1.61. The van der Waals surface area contributed by atoms with Crippen LogP contribution in [0.4, 0.5) is 4.39 Å². The SMILES string of the molecule is CCOc1ccc([C@H](CF)N2CCNCC2)cc1OC.Cl.Cl. The minimum Gasteiger partial charge on any atom is -0.493 e. The van der Waals surface area contributed by atoms with E-state index in [1.54, 1.807) is 7.11 Å². The van der Waals surface area contributed by atoms with E-state index in [4.69, 9.17) is 9.47 Å². The van der Waals surface area contributed by atoms with E-state index in [1.165, 1.54) is 0 Å². The Kier molecular flexibility index (Phi) is 10.5. The fourth-order valence-electron chi connectivity index (χ4n) is 2.56. The van der Waals surface area contributed by atoms with Crippen LogP contribution < -0.4 is 14.8 Å². The average molecular weight is 355 g/mol. The van der Waals surface area contributed by atoms with Crippen molar-refractivity contribution in [2.75, 3.05) is 46.6 Å². The normalized spacial score (nSPS) is 16.1. The quantitative estimate of drug-likeness (QED) is 0.851. The summed E-state index contributed by atoms with van der Waals surface area (Å²) in [4.78, 5) is 2.17. The van der Waals surface area contributed by atoms with Crippen molar-refractivity contribution in [3.63, 3.8) is 0 Å². The maximum Gasteiger partial charge on any atom is 0.161 e. The first kappa shape index (κ1) is 21.2. The molecule has 0 amide bonds. The second-order valence-corrected chi connectivity index (χ2v) is 4.80. The number of alkyl halides is 1. The maximum atomic E-state index is 13.5. The number of ether oxygens (including phenoxy) is 2. The Morgan fingerprint density at radius 2 is 1.91 bits per heavy atom. The molecule has 1 aromatic carbocycles. The molecule has 0 aliphatic carbocycles. The van der Waals surface area contributed by atoms with Crippen LogP contribution in [0.25, 0.3) is 0 Å². The first-order valence-corrected chi connectivity index (χ1v) is 7.11. The van der Waals surface area contributed by atoms with Crippen LogP contribution >= 0.6 is 24.8 Å². The lowest BCUT2D eigenvalue weighted by atomic mass is 10.0. The Labute approximate surface area is 144 Å². The fourth-order valence-corrected chi connectivity index (χ4v) is 2.56. The Morgan fingerprint density at radius 3 is 2.45 bits per heavy atom. The summed E-state index contributed by atoms with van der Waals surface area (Å²) in [5.74, 6) is 1.37. The van der Waals surface area contributed by atoms with Gasteiger partial charge in [0.05, 0.1) is 19.8 Å². The highest BCUT2D eigenvalue weighted by atomic mass is 35.5. The zero-order chi connectivity index (χ0) is 14.4. The summed E-state index contributed by atoms with van der Waals surface area (Å²) >= 11 is 0. The molecule has 0 bridgehead atoms. The zero-order valence-electron chi connectivity index (χ0n) is 13.0. The van der Waals surface area contributed by atoms with E-state index < -0.39 is 6.67 Å². The summed E-state index contributed by atoms with van der Waals surface area (Å²) in [6.07, 6.45) is 0. The molecule has 2 rings (SSSR count). The highest BCUT2D eigenvalue weighted by Crippen LogP contribution is 2.32. The summed E-state index contributed by atoms with van der Waals surface area (Å²) in [5, 5.41) is 3.28. The van der Waals surface area contributed by atoms with Gasteiger partial charge in [-0.15, -0.1) is 24.8 Å². The standard InChI is InChI=1S/C15H23FN2O2.2ClH/c1-3-20-14-5-4-12(10-15(14)19-2)13(11-16)18-8-6-17-7-9-18;;/h4-5,10,13,17H,3,6-9,11H2,1-2H3;2*1H/t13-;;/m0../s1. The van der Waals surface area contributed by atoms with Gasteiger partial charge in [-0.25, -0.2) is 4.39 Å². The van der Waals surface area contributed by atoms with Gasteiger partial charge in [-0.1, -0.05) is 6.07 Å². The number of nitrogens with one attached hydrogen (secondary N) is 1. The highest BCUT2D eigenvalue weighted by Gasteiger charge is 2.23. The predicted octanol–water partition coefficient (Wildman–Crippen LogP) is 2.85. The molecule has 1 atom stereocenters. The van der Waals surface area contributed by atoms with Crippen LogP contribution in [0.1, 0.15) is 18.5 Å². The van der Waals surface area contributed by atoms with Crippen molar-refractivity contribution >= 4 is 24.8 Å². The van der Waals surface area contributed by atoms with Gasteiger partial charge in [0.1, 0.15) is 6.67 Å². The molecule has 0 spiro atoms. The van der Waals surface area contributed by atoms with Gasteiger partial charge in [-0.05, 0) is 24.6 Å². The minimum atomic E-state index is -0.392. The van der Waals surface area contributed by atoms with Crippen molar-refractivity contribution in [1.82, 2.24) is 10.2 Å². The van der Waals surface area contributed by atoms with Gasteiger partial charge >= 0.3 is 0 Å². The molecule has 1 aromatic rings. The molecule has 1 heterocycles. The molecule has 0 radical (unpaired) electrons. The van der Waals surface area contributed by atoms with Crippen LogP contribution in [0.2, 0.25) is 0 Å². The average Bonchev–Trinajstić information content (AvgIpc) is 2.50. The van der Waals surface area contributed by atoms with Crippen LogP contribution in [0.3, 0.4) is 0 Å². The number of piperazine rings is 1. The number of hydrogen-bond acceptors (Lipinski definition) is 4. The molecule has 22 heavy (non-hydrogen) atoms. The zero-order valence-corrected chi connectivity index (χ0v) is 14.6. The third-order valence-corrected chi connectivity index (χ3v) is 3.61. The predicted molar refractivity (Wildman–Crippen MR) is 91.8 cm³/mol. The monoisotopic (exact) mass is 354 g/mol. The van der Waals surface area contributed by atoms with Crippen LogP contribution in [0.5, 0.6) is 11.5 Å². The Hall–Kier alpha value is -0.750. The molecule has 1 aliphatic rings. The molecule has 0 aromatic heterocycles. The maximum absolute atomic E-state index is 13.5. The lowest BCUT2D eigenvalue weighted by Crippen LogP contribution is -2.45. The smallest absolute Gasteiger partial charge is 0.161 e. The van der Waals surface area contributed by atoms with E-state index in [1.807, 2.05) is 25.1 Å². The first-order chi connectivity index (χ1) is 9.80. The molecule has 1 aliphatic heterocycles. The number of hydrogen-bond donors (Lipinski definition) is 1. The van der Waals surface area contributed by atoms with Crippen LogP contribution in [0, 0.1) is 0 Å². The van der Waals surface area contributed by atoms with Crippen molar-refractivity contribution in [3.05, 3.63) is 23.8 Å². The molecule has 1 fully saturated rings. The molecular formula is C15H25Cl2FN2O2. The highest BCUT2D eigenvalue weighted by molar-refractivity contribution is 5.85. The second-order valence-electron chi connectivity index (χ2n) is 4.80. The fraction of sp³-hybridized carbons (Fsp3) is 0.600. The molecule has 7 heteroatoms. The summed E-state index contributed by atoms with van der Waals surface area (Å²) in [6.45, 7) is 5.67. The van der Waals surface area contributed by atoms with E-state index in [0.717, 1.165) is 31.7 Å². The molecule has 0 unspecified atom stereocenters. The van der Waals surface area contributed by atoms with Gasteiger partial charge in [-0.2, -0.15) is 0 Å². The van der Waals surface area contributed by atoms with Crippen molar-refractivity contribution in [2.24, 2.45) is 0 Å². The number of halogens is 3. The van der Waals surface area contributed by atoms with Crippen LogP contribution in [0.15, 0.2) is 18.2 Å². The van der Waals surface area contributed by atoms with E-state index in [-0.39, 0.29) is 30.9 Å². The largest absolute Gasteiger partial charge is 0.493 e. The van der Waals surface area contributed by atoms with Crippen molar-refractivity contribution in [1.29, 1.82) is 0 Å². The Bertz CT molecular complexity index is 432. The third-order valence-electron chi connectivity index (χ3n) is 3.61. The van der Waals surface area contributed by atoms with Gasteiger partial charge in [0.25, 0.3) is 0 Å². The molecular weight excluding hydrogens is 330 g/mol. The Morgan fingerprint density at radius 1 is 1.23 bits per heavy atom. The van der Waals surface area contributed by atoms with Gasteiger partial charge in [0.15, 0.2) is 11.5 Å². The number of rotatable bonds is 6. The van der Waals surface area contributed by atoms with Crippen molar-refractivity contribution in [2.45, 2.75) is 13.0 Å². The molecule has 0 saturated carbocycles. The first-order valence-electron chi connectivity index (χ1n) is 7.11. The third kappa shape index (κ3) is 5.16. The molecule has 128 valence electrons. The van der Waals surface area contributed by atoms with Crippen LogP contribution in [-0.2, 0) is 0 Å². The lowest BCUT2D eigenvalue weighted by Gasteiger charge is -2.33.